The lowest BCUT2D eigenvalue weighted by Gasteiger charge is -2.09. The normalized spacial score (nSPS) is 10.9. The van der Waals surface area contributed by atoms with Crippen LogP contribution in [-0.2, 0) is 11.2 Å². The number of ketones is 1. The standard InChI is InChI=1S/C32H24FNO5/c1-2-27(35)30-26-18-22(11-14-28(26)39-31(30)20-9-12-24(33)13-10-20)21-6-4-7-23(17-21)32(38)34-25-8-3-5-19(15-25)16-29(36)37/h3-15,17-18H,2,16H2,1H3,(H,34,38)(H,36,37). The molecule has 0 radical (unpaired) electrons. The third-order valence-electron chi connectivity index (χ3n) is 6.39. The van der Waals surface area contributed by atoms with E-state index in [1.54, 1.807) is 67.6 Å². The molecule has 2 N–H and O–H groups in total. The second-order valence-corrected chi connectivity index (χ2v) is 9.11. The highest BCUT2D eigenvalue weighted by Crippen LogP contribution is 2.37. The van der Waals surface area contributed by atoms with Gasteiger partial charge in [0.1, 0.15) is 17.2 Å². The minimum Gasteiger partial charge on any atom is -0.481 e. The summed E-state index contributed by atoms with van der Waals surface area (Å²) in [5.74, 6) is -1.36. The predicted octanol–water partition coefficient (Wildman–Crippen LogP) is 7.38. The highest BCUT2D eigenvalue weighted by Gasteiger charge is 2.22. The minimum absolute atomic E-state index is 0.0940. The number of carboxylic acids is 1. The number of hydrogen-bond acceptors (Lipinski definition) is 4. The molecule has 6 nitrogen and oxygen atoms in total. The molecule has 1 amide bonds. The van der Waals surface area contributed by atoms with Gasteiger partial charge in [0.05, 0.1) is 12.0 Å². The van der Waals surface area contributed by atoms with Gasteiger partial charge in [-0.25, -0.2) is 4.39 Å². The zero-order chi connectivity index (χ0) is 27.5. The molecule has 0 saturated carbocycles. The average Bonchev–Trinajstić information content (AvgIpc) is 3.31. The van der Waals surface area contributed by atoms with Gasteiger partial charge in [-0.15, -0.1) is 0 Å². The lowest BCUT2D eigenvalue weighted by Crippen LogP contribution is -2.12. The van der Waals surface area contributed by atoms with E-state index in [4.69, 9.17) is 9.52 Å². The molecule has 0 bridgehead atoms. The van der Waals surface area contributed by atoms with Gasteiger partial charge >= 0.3 is 5.97 Å². The van der Waals surface area contributed by atoms with Crippen LogP contribution in [0, 0.1) is 5.82 Å². The first-order valence-electron chi connectivity index (χ1n) is 12.4. The zero-order valence-corrected chi connectivity index (χ0v) is 21.0. The van der Waals surface area contributed by atoms with E-state index in [1.807, 2.05) is 18.2 Å². The van der Waals surface area contributed by atoms with E-state index in [9.17, 15) is 18.8 Å². The number of hydrogen-bond donors (Lipinski definition) is 2. The summed E-state index contributed by atoms with van der Waals surface area (Å²) >= 11 is 0. The lowest BCUT2D eigenvalue weighted by molar-refractivity contribution is -0.136. The molecule has 0 atom stereocenters. The van der Waals surface area contributed by atoms with Crippen molar-refractivity contribution in [1.29, 1.82) is 0 Å². The second kappa shape index (κ2) is 10.8. The van der Waals surface area contributed by atoms with Crippen LogP contribution in [0.2, 0.25) is 0 Å². The molecule has 5 rings (SSSR count). The number of carbonyl (C=O) groups excluding carboxylic acids is 2. The smallest absolute Gasteiger partial charge is 0.307 e. The Hall–Kier alpha value is -5.04. The Morgan fingerprint density at radius 2 is 1.56 bits per heavy atom. The molecule has 0 saturated heterocycles. The molecule has 0 fully saturated rings. The van der Waals surface area contributed by atoms with E-state index >= 15 is 0 Å². The molecule has 0 aliphatic rings. The third kappa shape index (κ3) is 5.48. The van der Waals surface area contributed by atoms with Gasteiger partial charge in [-0.2, -0.15) is 0 Å². The number of carbonyl (C=O) groups is 3. The maximum Gasteiger partial charge on any atom is 0.307 e. The largest absolute Gasteiger partial charge is 0.481 e. The van der Waals surface area contributed by atoms with Crippen LogP contribution in [0.3, 0.4) is 0 Å². The second-order valence-electron chi connectivity index (χ2n) is 9.11. The average molecular weight is 522 g/mol. The van der Waals surface area contributed by atoms with Gasteiger partial charge in [0.25, 0.3) is 5.91 Å². The Bertz CT molecular complexity index is 1720. The SMILES string of the molecule is CCC(=O)c1c(-c2ccc(F)cc2)oc2ccc(-c3cccc(C(=O)Nc4cccc(CC(=O)O)c4)c3)cc12. The number of Topliss-reactive ketones (excluding diaryl/α,β-unsaturated/α-hetero) is 1. The molecule has 7 heteroatoms. The van der Waals surface area contributed by atoms with Gasteiger partial charge in [-0.3, -0.25) is 14.4 Å². The van der Waals surface area contributed by atoms with E-state index in [0.717, 1.165) is 11.1 Å². The predicted molar refractivity (Wildman–Crippen MR) is 147 cm³/mol. The number of amides is 1. The van der Waals surface area contributed by atoms with Gasteiger partial charge in [0.2, 0.25) is 0 Å². The number of rotatable bonds is 8. The van der Waals surface area contributed by atoms with Crippen molar-refractivity contribution in [2.75, 3.05) is 5.32 Å². The van der Waals surface area contributed by atoms with Crippen molar-refractivity contribution in [3.63, 3.8) is 0 Å². The number of fused-ring (bicyclic) bond motifs is 1. The van der Waals surface area contributed by atoms with Crippen molar-refractivity contribution >= 4 is 34.3 Å². The van der Waals surface area contributed by atoms with Crippen molar-refractivity contribution in [1.82, 2.24) is 0 Å². The van der Waals surface area contributed by atoms with Crippen LogP contribution in [0.15, 0.2) is 95.4 Å². The van der Waals surface area contributed by atoms with Gasteiger partial charge in [-0.05, 0) is 77.4 Å². The first kappa shape index (κ1) is 25.6. The van der Waals surface area contributed by atoms with Crippen LogP contribution in [0.5, 0.6) is 0 Å². The van der Waals surface area contributed by atoms with Gasteiger partial charge < -0.3 is 14.8 Å². The summed E-state index contributed by atoms with van der Waals surface area (Å²) in [4.78, 5) is 37.0. The molecule has 0 aliphatic heterocycles. The quantitative estimate of drug-likeness (QED) is 0.208. The number of nitrogens with one attached hydrogen (secondary N) is 1. The van der Waals surface area contributed by atoms with E-state index in [0.29, 0.717) is 44.7 Å². The number of halogens is 1. The summed E-state index contributed by atoms with van der Waals surface area (Å²) in [6.07, 6.45) is 0.136. The number of anilines is 1. The maximum atomic E-state index is 13.5. The first-order valence-corrected chi connectivity index (χ1v) is 12.4. The summed E-state index contributed by atoms with van der Waals surface area (Å²) in [5.41, 5.74) is 4.64. The summed E-state index contributed by atoms with van der Waals surface area (Å²) in [6, 6.07) is 25.1. The van der Waals surface area contributed by atoms with E-state index in [1.165, 1.54) is 12.1 Å². The molecule has 4 aromatic carbocycles. The molecule has 39 heavy (non-hydrogen) atoms. The van der Waals surface area contributed by atoms with Crippen LogP contribution in [-0.4, -0.2) is 22.8 Å². The molecule has 0 aliphatic carbocycles. The highest BCUT2D eigenvalue weighted by molar-refractivity contribution is 6.13. The molecule has 0 spiro atoms. The van der Waals surface area contributed by atoms with Crippen LogP contribution >= 0.6 is 0 Å². The van der Waals surface area contributed by atoms with Crippen LogP contribution in [0.1, 0.15) is 39.6 Å². The van der Waals surface area contributed by atoms with Crippen molar-refractivity contribution < 1.29 is 28.3 Å². The van der Waals surface area contributed by atoms with Crippen molar-refractivity contribution in [2.45, 2.75) is 19.8 Å². The van der Waals surface area contributed by atoms with Crippen molar-refractivity contribution in [2.24, 2.45) is 0 Å². The summed E-state index contributed by atoms with van der Waals surface area (Å²) in [7, 11) is 0. The van der Waals surface area contributed by atoms with Gasteiger partial charge in [0.15, 0.2) is 5.78 Å². The third-order valence-corrected chi connectivity index (χ3v) is 6.39. The highest BCUT2D eigenvalue weighted by atomic mass is 19.1. The molecular formula is C32H24FNO5. The zero-order valence-electron chi connectivity index (χ0n) is 21.0. The monoisotopic (exact) mass is 521 g/mol. The molecule has 1 aromatic heterocycles. The lowest BCUT2D eigenvalue weighted by atomic mass is 9.97. The van der Waals surface area contributed by atoms with Crippen LogP contribution < -0.4 is 5.32 Å². The summed E-state index contributed by atoms with van der Waals surface area (Å²) in [5, 5.41) is 12.5. The Labute approximate surface area is 223 Å². The molecule has 0 unspecified atom stereocenters. The maximum absolute atomic E-state index is 13.5. The number of aliphatic carboxylic acids is 1. The Morgan fingerprint density at radius 3 is 2.31 bits per heavy atom. The number of carboxylic acid groups (broad SMARTS) is 1. The molecule has 194 valence electrons. The van der Waals surface area contributed by atoms with E-state index in [-0.39, 0.29) is 30.3 Å². The topological polar surface area (TPSA) is 96.6 Å². The van der Waals surface area contributed by atoms with E-state index < -0.39 is 5.97 Å². The summed E-state index contributed by atoms with van der Waals surface area (Å²) < 4.78 is 19.6. The molecule has 1 heterocycles. The van der Waals surface area contributed by atoms with Crippen LogP contribution in [0.4, 0.5) is 10.1 Å². The Morgan fingerprint density at radius 1 is 0.846 bits per heavy atom. The Balaban J connectivity index is 1.49. The minimum atomic E-state index is -0.950. The van der Waals surface area contributed by atoms with Crippen molar-refractivity contribution in [3.8, 4) is 22.5 Å². The van der Waals surface area contributed by atoms with Crippen LogP contribution in [0.25, 0.3) is 33.4 Å². The van der Waals surface area contributed by atoms with Crippen molar-refractivity contribution in [3.05, 3.63) is 114 Å². The molecular weight excluding hydrogens is 497 g/mol. The van der Waals surface area contributed by atoms with Gasteiger partial charge in [0, 0.05) is 28.6 Å². The van der Waals surface area contributed by atoms with Gasteiger partial charge in [-0.1, -0.05) is 37.3 Å². The number of benzene rings is 4. The molecule has 5 aromatic rings. The fourth-order valence-electron chi connectivity index (χ4n) is 4.51. The fourth-order valence-corrected chi connectivity index (χ4v) is 4.51. The summed E-state index contributed by atoms with van der Waals surface area (Å²) in [6.45, 7) is 1.78. The first-order chi connectivity index (χ1) is 18.8. The Kier molecular flexibility index (Phi) is 7.06. The number of furan rings is 1. The fraction of sp³-hybridized carbons (Fsp3) is 0.0938. The van der Waals surface area contributed by atoms with E-state index in [2.05, 4.69) is 5.32 Å².